The van der Waals surface area contributed by atoms with Crippen LogP contribution in [0.5, 0.6) is 5.75 Å². The average molecular weight is 356 g/mol. The van der Waals surface area contributed by atoms with Gasteiger partial charge in [0.15, 0.2) is 0 Å². The Kier molecular flexibility index (Phi) is 7.48. The number of methoxy groups -OCH3 is 1. The minimum Gasteiger partial charge on any atom is -0.497 e. The van der Waals surface area contributed by atoms with Gasteiger partial charge in [-0.1, -0.05) is 19.1 Å². The Labute approximate surface area is 146 Å². The first-order valence-electron chi connectivity index (χ1n) is 8.65. The SMILES string of the molecule is CCCNS(=O)(=O)N1CCN(CCCc2cccc(OC)c2)CC1. The van der Waals surface area contributed by atoms with E-state index in [-0.39, 0.29) is 0 Å². The molecule has 0 saturated carbocycles. The van der Waals surface area contributed by atoms with E-state index in [0.717, 1.165) is 44.6 Å². The molecule has 1 heterocycles. The Morgan fingerprint density at radius 3 is 2.62 bits per heavy atom. The molecule has 7 heteroatoms. The van der Waals surface area contributed by atoms with Crippen molar-refractivity contribution < 1.29 is 13.2 Å². The summed E-state index contributed by atoms with van der Waals surface area (Å²) in [4.78, 5) is 2.34. The molecule has 1 N–H and O–H groups in total. The fourth-order valence-corrected chi connectivity index (χ4v) is 4.14. The first-order chi connectivity index (χ1) is 11.5. The molecule has 0 aromatic heterocycles. The number of hydrogen-bond donors (Lipinski definition) is 1. The number of rotatable bonds is 9. The van der Waals surface area contributed by atoms with E-state index in [1.165, 1.54) is 5.56 Å². The van der Waals surface area contributed by atoms with Gasteiger partial charge in [0.05, 0.1) is 7.11 Å². The molecule has 1 saturated heterocycles. The molecule has 0 atom stereocenters. The largest absolute Gasteiger partial charge is 0.497 e. The van der Waals surface area contributed by atoms with Crippen molar-refractivity contribution in [3.63, 3.8) is 0 Å². The van der Waals surface area contributed by atoms with Crippen molar-refractivity contribution in [3.8, 4) is 5.75 Å². The number of aryl methyl sites for hydroxylation is 1. The van der Waals surface area contributed by atoms with Crippen molar-refractivity contribution >= 4 is 10.2 Å². The van der Waals surface area contributed by atoms with Crippen LogP contribution in [-0.4, -0.2) is 64.0 Å². The molecule has 1 aromatic rings. The van der Waals surface area contributed by atoms with Gasteiger partial charge in [-0.15, -0.1) is 0 Å². The van der Waals surface area contributed by atoms with Crippen LogP contribution in [0.15, 0.2) is 24.3 Å². The van der Waals surface area contributed by atoms with Crippen molar-refractivity contribution in [2.75, 3.05) is 46.4 Å². The van der Waals surface area contributed by atoms with Gasteiger partial charge in [-0.2, -0.15) is 12.7 Å². The molecular weight excluding hydrogens is 326 g/mol. The summed E-state index contributed by atoms with van der Waals surface area (Å²) < 4.78 is 33.6. The van der Waals surface area contributed by atoms with Gasteiger partial charge < -0.3 is 9.64 Å². The van der Waals surface area contributed by atoms with Gasteiger partial charge in [-0.25, -0.2) is 4.72 Å². The van der Waals surface area contributed by atoms with E-state index < -0.39 is 10.2 Å². The Bertz CT molecular complexity index is 599. The molecule has 1 aromatic carbocycles. The number of piperazine rings is 1. The van der Waals surface area contributed by atoms with E-state index in [1.54, 1.807) is 11.4 Å². The number of hydrogen-bond acceptors (Lipinski definition) is 4. The molecule has 0 unspecified atom stereocenters. The second-order valence-electron chi connectivity index (χ2n) is 6.10. The molecule has 1 aliphatic heterocycles. The van der Waals surface area contributed by atoms with Gasteiger partial charge >= 0.3 is 0 Å². The summed E-state index contributed by atoms with van der Waals surface area (Å²) >= 11 is 0. The highest BCUT2D eigenvalue weighted by Crippen LogP contribution is 2.14. The number of nitrogens with one attached hydrogen (secondary N) is 1. The van der Waals surface area contributed by atoms with Crippen LogP contribution in [0.2, 0.25) is 0 Å². The van der Waals surface area contributed by atoms with E-state index in [4.69, 9.17) is 4.74 Å². The summed E-state index contributed by atoms with van der Waals surface area (Å²) in [6.07, 6.45) is 2.88. The summed E-state index contributed by atoms with van der Waals surface area (Å²) in [5.74, 6) is 0.894. The van der Waals surface area contributed by atoms with Crippen LogP contribution in [0.3, 0.4) is 0 Å². The highest BCUT2D eigenvalue weighted by Gasteiger charge is 2.25. The van der Waals surface area contributed by atoms with Crippen LogP contribution in [0.4, 0.5) is 0 Å². The topological polar surface area (TPSA) is 61.9 Å². The number of ether oxygens (including phenoxy) is 1. The Morgan fingerprint density at radius 1 is 1.21 bits per heavy atom. The Balaban J connectivity index is 1.71. The zero-order valence-corrected chi connectivity index (χ0v) is 15.5. The van der Waals surface area contributed by atoms with E-state index in [9.17, 15) is 8.42 Å². The lowest BCUT2D eigenvalue weighted by Crippen LogP contribution is -2.52. The highest BCUT2D eigenvalue weighted by molar-refractivity contribution is 7.87. The smallest absolute Gasteiger partial charge is 0.279 e. The van der Waals surface area contributed by atoms with E-state index in [1.807, 2.05) is 19.1 Å². The third-order valence-electron chi connectivity index (χ3n) is 4.28. The van der Waals surface area contributed by atoms with Gasteiger partial charge in [0.1, 0.15) is 5.75 Å². The van der Waals surface area contributed by atoms with Gasteiger partial charge in [-0.3, -0.25) is 0 Å². The summed E-state index contributed by atoms with van der Waals surface area (Å²) in [5, 5.41) is 0. The summed E-state index contributed by atoms with van der Waals surface area (Å²) in [6, 6.07) is 8.16. The van der Waals surface area contributed by atoms with Crippen LogP contribution in [-0.2, 0) is 16.6 Å². The van der Waals surface area contributed by atoms with Gasteiger partial charge in [-0.05, 0) is 43.5 Å². The lowest BCUT2D eigenvalue weighted by Gasteiger charge is -2.33. The third-order valence-corrected chi connectivity index (χ3v) is 5.89. The molecule has 2 rings (SSSR count). The number of benzene rings is 1. The van der Waals surface area contributed by atoms with Crippen LogP contribution < -0.4 is 9.46 Å². The van der Waals surface area contributed by atoms with Crippen LogP contribution in [0.25, 0.3) is 0 Å². The van der Waals surface area contributed by atoms with Gasteiger partial charge in [0.2, 0.25) is 0 Å². The summed E-state index contributed by atoms with van der Waals surface area (Å²) in [7, 11) is -1.61. The molecule has 136 valence electrons. The predicted octanol–water partition coefficient (Wildman–Crippen LogP) is 1.49. The monoisotopic (exact) mass is 355 g/mol. The lowest BCUT2D eigenvalue weighted by atomic mass is 10.1. The Morgan fingerprint density at radius 2 is 1.96 bits per heavy atom. The maximum atomic E-state index is 12.1. The normalized spacial score (nSPS) is 17.1. The van der Waals surface area contributed by atoms with Crippen molar-refractivity contribution in [1.29, 1.82) is 0 Å². The average Bonchev–Trinajstić information content (AvgIpc) is 2.61. The van der Waals surface area contributed by atoms with E-state index in [2.05, 4.69) is 21.8 Å². The highest BCUT2D eigenvalue weighted by atomic mass is 32.2. The van der Waals surface area contributed by atoms with E-state index in [0.29, 0.717) is 19.6 Å². The van der Waals surface area contributed by atoms with Crippen LogP contribution >= 0.6 is 0 Å². The zero-order valence-electron chi connectivity index (χ0n) is 14.7. The van der Waals surface area contributed by atoms with Gasteiger partial charge in [0.25, 0.3) is 10.2 Å². The molecule has 24 heavy (non-hydrogen) atoms. The fraction of sp³-hybridized carbons (Fsp3) is 0.647. The van der Waals surface area contributed by atoms with Crippen molar-refractivity contribution in [2.24, 2.45) is 0 Å². The first kappa shape index (κ1) is 19.2. The molecule has 0 spiro atoms. The van der Waals surface area contributed by atoms with Crippen molar-refractivity contribution in [2.45, 2.75) is 26.2 Å². The number of nitrogens with zero attached hydrogens (tertiary/aromatic N) is 2. The van der Waals surface area contributed by atoms with Crippen molar-refractivity contribution in [1.82, 2.24) is 13.9 Å². The zero-order chi connectivity index (χ0) is 17.4. The lowest BCUT2D eigenvalue weighted by molar-refractivity contribution is 0.185. The van der Waals surface area contributed by atoms with Gasteiger partial charge in [0, 0.05) is 32.7 Å². The maximum Gasteiger partial charge on any atom is 0.279 e. The standard InChI is InChI=1S/C17H29N3O3S/c1-3-9-18-24(21,22)20-13-11-19(12-14-20)10-5-7-16-6-4-8-17(15-16)23-2/h4,6,8,15,18H,3,5,7,9-14H2,1-2H3. The fourth-order valence-electron chi connectivity index (χ4n) is 2.85. The molecular formula is C17H29N3O3S. The van der Waals surface area contributed by atoms with Crippen LogP contribution in [0, 0.1) is 0 Å². The molecule has 0 bridgehead atoms. The molecule has 0 aliphatic carbocycles. The quantitative estimate of drug-likeness (QED) is 0.729. The first-order valence-corrected chi connectivity index (χ1v) is 10.1. The second kappa shape index (κ2) is 9.36. The minimum absolute atomic E-state index is 0.503. The molecule has 1 fully saturated rings. The van der Waals surface area contributed by atoms with Crippen molar-refractivity contribution in [3.05, 3.63) is 29.8 Å². The van der Waals surface area contributed by atoms with E-state index >= 15 is 0 Å². The molecule has 6 nitrogen and oxygen atoms in total. The summed E-state index contributed by atoms with van der Waals surface area (Å²) in [5.41, 5.74) is 1.28. The minimum atomic E-state index is -3.30. The Hall–Kier alpha value is -1.15. The molecule has 0 radical (unpaired) electrons. The van der Waals surface area contributed by atoms with Crippen LogP contribution in [0.1, 0.15) is 25.3 Å². The maximum absolute atomic E-state index is 12.1. The second-order valence-corrected chi connectivity index (χ2v) is 7.85. The molecule has 0 amide bonds. The predicted molar refractivity (Wildman–Crippen MR) is 96.5 cm³/mol. The third kappa shape index (κ3) is 5.73. The summed E-state index contributed by atoms with van der Waals surface area (Å²) in [6.45, 7) is 6.19. The molecule has 1 aliphatic rings.